The molecular weight excluding hydrogens is 344 g/mol. The summed E-state index contributed by atoms with van der Waals surface area (Å²) >= 11 is 0. The van der Waals surface area contributed by atoms with Gasteiger partial charge in [0, 0.05) is 13.0 Å². The molecule has 3 N–H and O–H groups in total. The maximum Gasteiger partial charge on any atom is 0.315 e. The molecule has 0 aromatic heterocycles. The molecule has 1 aliphatic heterocycles. The van der Waals surface area contributed by atoms with Gasteiger partial charge in [-0.25, -0.2) is 4.79 Å². The lowest BCUT2D eigenvalue weighted by Gasteiger charge is -2.15. The second-order valence-electron chi connectivity index (χ2n) is 7.00. The number of carbonyl (C=O) groups is 2. The summed E-state index contributed by atoms with van der Waals surface area (Å²) in [4.78, 5) is 23.7. The second-order valence-corrected chi connectivity index (χ2v) is 7.00. The summed E-state index contributed by atoms with van der Waals surface area (Å²) in [7, 11) is 0. The molecule has 6 heteroatoms. The Morgan fingerprint density at radius 3 is 2.78 bits per heavy atom. The van der Waals surface area contributed by atoms with Gasteiger partial charge in [-0.3, -0.25) is 4.79 Å². The van der Waals surface area contributed by atoms with Crippen molar-refractivity contribution in [3.8, 4) is 5.75 Å². The third-order valence-electron chi connectivity index (χ3n) is 5.27. The SMILES string of the molecule is O=C(NCCc1ccc2c(c1)CCO2)NC1CC(C(=O)O)c2ccccc21. The lowest BCUT2D eigenvalue weighted by Crippen LogP contribution is -2.38. The number of nitrogens with one attached hydrogen (secondary N) is 2. The largest absolute Gasteiger partial charge is 0.493 e. The Bertz CT molecular complexity index is 880. The number of fused-ring (bicyclic) bond motifs is 2. The van der Waals surface area contributed by atoms with E-state index in [9.17, 15) is 14.7 Å². The van der Waals surface area contributed by atoms with Gasteiger partial charge in [0.1, 0.15) is 5.75 Å². The zero-order chi connectivity index (χ0) is 18.8. The number of ether oxygens (including phenoxy) is 1. The van der Waals surface area contributed by atoms with E-state index in [0.717, 1.165) is 41.9 Å². The van der Waals surface area contributed by atoms with Crippen LogP contribution in [-0.2, 0) is 17.6 Å². The van der Waals surface area contributed by atoms with Gasteiger partial charge in [0.25, 0.3) is 0 Å². The van der Waals surface area contributed by atoms with Crippen molar-refractivity contribution >= 4 is 12.0 Å². The van der Waals surface area contributed by atoms with Crippen LogP contribution in [-0.4, -0.2) is 30.3 Å². The number of rotatable bonds is 5. The Balaban J connectivity index is 1.32. The second kappa shape index (κ2) is 7.31. The summed E-state index contributed by atoms with van der Waals surface area (Å²) in [6, 6.07) is 13.0. The fraction of sp³-hybridized carbons (Fsp3) is 0.333. The van der Waals surface area contributed by atoms with E-state index < -0.39 is 11.9 Å². The Kier molecular flexibility index (Phi) is 4.71. The number of benzene rings is 2. The number of amides is 2. The molecule has 1 heterocycles. The minimum absolute atomic E-state index is 0.273. The first-order chi connectivity index (χ1) is 13.1. The Hall–Kier alpha value is -3.02. The van der Waals surface area contributed by atoms with Gasteiger partial charge < -0.3 is 20.5 Å². The molecule has 140 valence electrons. The molecule has 2 amide bonds. The zero-order valence-corrected chi connectivity index (χ0v) is 14.9. The first kappa shape index (κ1) is 17.4. The number of aliphatic carboxylic acids is 1. The van der Waals surface area contributed by atoms with Gasteiger partial charge in [-0.05, 0) is 41.2 Å². The highest BCUT2D eigenvalue weighted by molar-refractivity contribution is 5.80. The summed E-state index contributed by atoms with van der Waals surface area (Å²) in [5.41, 5.74) is 4.06. The average Bonchev–Trinajstić information content (AvgIpc) is 3.26. The molecule has 0 bridgehead atoms. The van der Waals surface area contributed by atoms with Crippen molar-refractivity contribution in [2.45, 2.75) is 31.2 Å². The minimum atomic E-state index is -0.854. The Morgan fingerprint density at radius 2 is 1.96 bits per heavy atom. The third kappa shape index (κ3) is 3.60. The van der Waals surface area contributed by atoms with E-state index in [2.05, 4.69) is 16.7 Å². The normalized spacial score (nSPS) is 19.7. The predicted molar refractivity (Wildman–Crippen MR) is 100 cm³/mol. The molecule has 0 fully saturated rings. The molecule has 6 nitrogen and oxygen atoms in total. The number of carbonyl (C=O) groups excluding carboxylic acids is 1. The molecule has 2 aromatic rings. The van der Waals surface area contributed by atoms with Crippen molar-refractivity contribution in [1.29, 1.82) is 0 Å². The quantitative estimate of drug-likeness (QED) is 0.759. The Morgan fingerprint density at radius 1 is 1.15 bits per heavy atom. The molecule has 0 radical (unpaired) electrons. The van der Waals surface area contributed by atoms with Crippen LogP contribution in [0.15, 0.2) is 42.5 Å². The smallest absolute Gasteiger partial charge is 0.315 e. The van der Waals surface area contributed by atoms with Crippen molar-refractivity contribution < 1.29 is 19.4 Å². The molecule has 1 aliphatic carbocycles. The van der Waals surface area contributed by atoms with Gasteiger partial charge in [0.2, 0.25) is 0 Å². The summed E-state index contributed by atoms with van der Waals surface area (Å²) in [5.74, 6) is -0.467. The predicted octanol–water partition coefficient (Wildman–Crippen LogP) is 2.78. The highest BCUT2D eigenvalue weighted by Gasteiger charge is 2.35. The number of hydrogen-bond donors (Lipinski definition) is 3. The first-order valence-corrected chi connectivity index (χ1v) is 9.22. The summed E-state index contributed by atoms with van der Waals surface area (Å²) < 4.78 is 5.50. The zero-order valence-electron chi connectivity index (χ0n) is 14.9. The van der Waals surface area contributed by atoms with Crippen LogP contribution in [0.3, 0.4) is 0 Å². The van der Waals surface area contributed by atoms with E-state index in [4.69, 9.17) is 4.74 Å². The van der Waals surface area contributed by atoms with Gasteiger partial charge in [-0.15, -0.1) is 0 Å². The lowest BCUT2D eigenvalue weighted by atomic mass is 10.0. The van der Waals surface area contributed by atoms with Crippen LogP contribution < -0.4 is 15.4 Å². The Labute approximate surface area is 157 Å². The molecule has 27 heavy (non-hydrogen) atoms. The monoisotopic (exact) mass is 366 g/mol. The number of carboxylic acids is 1. The molecule has 0 saturated carbocycles. The standard InChI is InChI=1S/C21H22N2O4/c24-20(25)17-12-18(16-4-2-1-3-15(16)17)23-21(26)22-9-7-13-5-6-19-14(11-13)8-10-27-19/h1-6,11,17-18H,7-10,12H2,(H,24,25)(H2,22,23,26). The highest BCUT2D eigenvalue weighted by Crippen LogP contribution is 2.40. The number of urea groups is 1. The summed E-state index contributed by atoms with van der Waals surface area (Å²) in [6.45, 7) is 1.25. The molecular formula is C21H22N2O4. The van der Waals surface area contributed by atoms with Crippen LogP contribution in [0.2, 0.25) is 0 Å². The number of hydrogen-bond acceptors (Lipinski definition) is 3. The van der Waals surface area contributed by atoms with Crippen LogP contribution in [0, 0.1) is 0 Å². The van der Waals surface area contributed by atoms with Crippen LogP contribution >= 0.6 is 0 Å². The van der Waals surface area contributed by atoms with E-state index in [1.165, 1.54) is 5.56 Å². The van der Waals surface area contributed by atoms with Crippen molar-refractivity contribution in [3.05, 3.63) is 64.7 Å². The molecule has 0 saturated heterocycles. The van der Waals surface area contributed by atoms with E-state index >= 15 is 0 Å². The number of carboxylic acid groups (broad SMARTS) is 1. The third-order valence-corrected chi connectivity index (χ3v) is 5.27. The summed E-state index contributed by atoms with van der Waals surface area (Å²) in [6.07, 6.45) is 2.05. The van der Waals surface area contributed by atoms with Crippen molar-refractivity contribution in [3.63, 3.8) is 0 Å². The first-order valence-electron chi connectivity index (χ1n) is 9.22. The fourth-order valence-corrected chi connectivity index (χ4v) is 3.93. The lowest BCUT2D eigenvalue weighted by molar-refractivity contribution is -0.138. The molecule has 2 aromatic carbocycles. The van der Waals surface area contributed by atoms with Gasteiger partial charge in [-0.1, -0.05) is 36.4 Å². The van der Waals surface area contributed by atoms with Crippen LogP contribution in [0.5, 0.6) is 5.75 Å². The van der Waals surface area contributed by atoms with Crippen LogP contribution in [0.4, 0.5) is 4.79 Å². The maximum atomic E-state index is 12.3. The summed E-state index contributed by atoms with van der Waals surface area (Å²) in [5, 5.41) is 15.2. The van der Waals surface area contributed by atoms with Gasteiger partial charge in [-0.2, -0.15) is 0 Å². The van der Waals surface area contributed by atoms with Crippen molar-refractivity contribution in [2.24, 2.45) is 0 Å². The van der Waals surface area contributed by atoms with Gasteiger partial charge in [0.05, 0.1) is 18.6 Å². The molecule has 2 aliphatic rings. The van der Waals surface area contributed by atoms with Gasteiger partial charge >= 0.3 is 12.0 Å². The molecule has 2 unspecified atom stereocenters. The maximum absolute atomic E-state index is 12.3. The average molecular weight is 366 g/mol. The van der Waals surface area contributed by atoms with Crippen LogP contribution in [0.25, 0.3) is 0 Å². The topological polar surface area (TPSA) is 87.7 Å². The van der Waals surface area contributed by atoms with E-state index in [0.29, 0.717) is 13.0 Å². The fourth-order valence-electron chi connectivity index (χ4n) is 3.93. The van der Waals surface area contributed by atoms with Crippen molar-refractivity contribution in [1.82, 2.24) is 10.6 Å². The van der Waals surface area contributed by atoms with Crippen molar-refractivity contribution in [2.75, 3.05) is 13.2 Å². The van der Waals surface area contributed by atoms with E-state index in [-0.39, 0.29) is 12.1 Å². The highest BCUT2D eigenvalue weighted by atomic mass is 16.5. The minimum Gasteiger partial charge on any atom is -0.493 e. The molecule has 4 rings (SSSR count). The van der Waals surface area contributed by atoms with Gasteiger partial charge in [0.15, 0.2) is 0 Å². The van der Waals surface area contributed by atoms with Crippen LogP contribution in [0.1, 0.15) is 40.6 Å². The van der Waals surface area contributed by atoms with E-state index in [1.54, 1.807) is 0 Å². The molecule has 2 atom stereocenters. The molecule has 0 spiro atoms. The van der Waals surface area contributed by atoms with E-state index in [1.807, 2.05) is 36.4 Å².